The Morgan fingerprint density at radius 1 is 1.20 bits per heavy atom. The van der Waals surface area contributed by atoms with Gasteiger partial charge in [0, 0.05) is 26.7 Å². The number of halogens is 1. The van der Waals surface area contributed by atoms with Crippen molar-refractivity contribution >= 4 is 30.4 Å². The number of carboxylic acid groups (broad SMARTS) is 1. The first-order chi connectivity index (χ1) is 11.1. The first-order valence-corrected chi connectivity index (χ1v) is 8.27. The van der Waals surface area contributed by atoms with E-state index in [0.717, 1.165) is 19.5 Å². The topological polar surface area (TPSA) is 108 Å². The van der Waals surface area contributed by atoms with Crippen molar-refractivity contribution in [2.24, 2.45) is 11.8 Å². The Morgan fingerprint density at radius 3 is 2.24 bits per heavy atom. The number of likely N-dealkylation sites (tertiary alicyclic amines) is 1. The summed E-state index contributed by atoms with van der Waals surface area (Å²) >= 11 is 0. The maximum atomic E-state index is 11.5. The average Bonchev–Trinajstić information content (AvgIpc) is 3.16. The van der Waals surface area contributed by atoms with Crippen LogP contribution in [0.25, 0.3) is 0 Å². The van der Waals surface area contributed by atoms with E-state index < -0.39 is 23.6 Å². The van der Waals surface area contributed by atoms with E-state index >= 15 is 0 Å². The molecule has 2 saturated heterocycles. The summed E-state index contributed by atoms with van der Waals surface area (Å²) in [6, 6.07) is 0. The van der Waals surface area contributed by atoms with E-state index in [1.54, 1.807) is 27.8 Å². The number of aliphatic carboxylic acids is 1. The maximum Gasteiger partial charge on any atom is 0.410 e. The molecule has 0 aromatic rings. The molecule has 2 amide bonds. The Hall–Kier alpha value is -1.54. The van der Waals surface area contributed by atoms with Crippen molar-refractivity contribution in [2.45, 2.75) is 39.2 Å². The smallest absolute Gasteiger partial charge is 0.410 e. The quantitative estimate of drug-likeness (QED) is 0.662. The Morgan fingerprint density at radius 2 is 1.84 bits per heavy atom. The van der Waals surface area contributed by atoms with Crippen LogP contribution in [0.15, 0.2) is 0 Å². The number of nitrogens with one attached hydrogen (secondary N) is 2. The number of rotatable bonds is 2. The molecule has 2 aliphatic rings. The standard InChI is InChI=1S/C10H17NO4.C6H12N2O.ClH/c1-10(2,3)15-9(14)11-5-4-7(6-11)8(12)13;1-7-6(9)5-2-3-8-4-5;/h7H,4-6H2,1-3H3,(H,12,13);5,8H,2-4H2,1H3,(H,7,9);1H/t7-;5-;/m11./s1. The molecule has 8 nitrogen and oxygen atoms in total. The Labute approximate surface area is 155 Å². The molecule has 0 aromatic heterocycles. The lowest BCUT2D eigenvalue weighted by molar-refractivity contribution is -0.141. The molecule has 2 fully saturated rings. The van der Waals surface area contributed by atoms with Gasteiger partial charge in [0.15, 0.2) is 0 Å². The van der Waals surface area contributed by atoms with Crippen molar-refractivity contribution in [1.29, 1.82) is 0 Å². The molecule has 9 heteroatoms. The van der Waals surface area contributed by atoms with E-state index in [2.05, 4.69) is 10.6 Å². The number of carboxylic acids is 1. The van der Waals surface area contributed by atoms with Gasteiger partial charge in [-0.25, -0.2) is 4.79 Å². The molecule has 2 heterocycles. The second-order valence-corrected chi connectivity index (χ2v) is 7.05. The molecular weight excluding hydrogens is 350 g/mol. The zero-order valence-corrected chi connectivity index (χ0v) is 16.1. The third-order valence-electron chi connectivity index (χ3n) is 3.87. The van der Waals surface area contributed by atoms with Crippen LogP contribution >= 0.6 is 12.4 Å². The highest BCUT2D eigenvalue weighted by Gasteiger charge is 2.33. The van der Waals surface area contributed by atoms with Crippen molar-refractivity contribution in [3.05, 3.63) is 0 Å². The van der Waals surface area contributed by atoms with Crippen LogP contribution in [0, 0.1) is 11.8 Å². The molecule has 0 unspecified atom stereocenters. The minimum absolute atomic E-state index is 0. The summed E-state index contributed by atoms with van der Waals surface area (Å²) in [6.07, 6.45) is 1.07. The molecule has 0 aromatic carbocycles. The minimum Gasteiger partial charge on any atom is -0.481 e. The number of hydrogen-bond acceptors (Lipinski definition) is 5. The lowest BCUT2D eigenvalue weighted by Crippen LogP contribution is -2.35. The molecule has 0 saturated carbocycles. The summed E-state index contributed by atoms with van der Waals surface area (Å²) in [5.41, 5.74) is -0.529. The molecule has 0 radical (unpaired) electrons. The molecule has 25 heavy (non-hydrogen) atoms. The van der Waals surface area contributed by atoms with Gasteiger partial charge in [-0.3, -0.25) is 9.59 Å². The van der Waals surface area contributed by atoms with Gasteiger partial charge in [0.2, 0.25) is 5.91 Å². The second-order valence-electron chi connectivity index (χ2n) is 7.05. The van der Waals surface area contributed by atoms with Crippen LogP contribution in [-0.4, -0.2) is 66.8 Å². The molecule has 2 atom stereocenters. The van der Waals surface area contributed by atoms with Crippen LogP contribution < -0.4 is 10.6 Å². The predicted molar refractivity (Wildman–Crippen MR) is 95.8 cm³/mol. The molecule has 2 aliphatic heterocycles. The number of hydrogen-bond donors (Lipinski definition) is 3. The molecule has 146 valence electrons. The maximum absolute atomic E-state index is 11.5. The Kier molecular flexibility index (Phi) is 9.81. The van der Waals surface area contributed by atoms with Crippen molar-refractivity contribution < 1.29 is 24.2 Å². The first-order valence-electron chi connectivity index (χ1n) is 8.27. The van der Waals surface area contributed by atoms with Gasteiger partial charge in [-0.15, -0.1) is 12.4 Å². The second kappa shape index (κ2) is 10.5. The van der Waals surface area contributed by atoms with Crippen LogP contribution in [0.1, 0.15) is 33.6 Å². The van der Waals surface area contributed by atoms with Gasteiger partial charge in [0.25, 0.3) is 0 Å². The lowest BCUT2D eigenvalue weighted by atomic mass is 10.1. The third kappa shape index (κ3) is 8.40. The fraction of sp³-hybridized carbons (Fsp3) is 0.812. The summed E-state index contributed by atoms with van der Waals surface area (Å²) in [6.45, 7) is 7.91. The molecular formula is C16H30ClN3O5. The van der Waals surface area contributed by atoms with Gasteiger partial charge in [-0.05, 0) is 40.2 Å². The zero-order chi connectivity index (χ0) is 18.3. The van der Waals surface area contributed by atoms with Crippen molar-refractivity contribution in [1.82, 2.24) is 15.5 Å². The van der Waals surface area contributed by atoms with E-state index in [1.807, 2.05) is 0 Å². The Balaban J connectivity index is 0.000000495. The number of nitrogens with zero attached hydrogens (tertiary/aromatic N) is 1. The van der Waals surface area contributed by atoms with Crippen molar-refractivity contribution in [2.75, 3.05) is 33.2 Å². The minimum atomic E-state index is -0.846. The fourth-order valence-corrected chi connectivity index (χ4v) is 2.54. The van der Waals surface area contributed by atoms with E-state index in [9.17, 15) is 14.4 Å². The third-order valence-corrected chi connectivity index (χ3v) is 3.87. The first kappa shape index (κ1) is 23.5. The zero-order valence-electron chi connectivity index (χ0n) is 15.3. The molecule has 0 bridgehead atoms. The molecule has 0 aliphatic carbocycles. The highest BCUT2D eigenvalue weighted by Crippen LogP contribution is 2.19. The SMILES string of the molecule is CC(C)(C)OC(=O)N1CC[C@@H](C(=O)O)C1.CNC(=O)[C@@H]1CCNC1.Cl. The van der Waals surface area contributed by atoms with Crippen LogP contribution in [0.5, 0.6) is 0 Å². The highest BCUT2D eigenvalue weighted by molar-refractivity contribution is 5.85. The van der Waals surface area contributed by atoms with Crippen LogP contribution in [-0.2, 0) is 14.3 Å². The molecule has 0 spiro atoms. The van der Waals surface area contributed by atoms with Gasteiger partial charge < -0.3 is 25.4 Å². The summed E-state index contributed by atoms with van der Waals surface area (Å²) in [5, 5.41) is 14.5. The number of ether oxygens (including phenoxy) is 1. The van der Waals surface area contributed by atoms with Gasteiger partial charge in [0.05, 0.1) is 11.8 Å². The van der Waals surface area contributed by atoms with Gasteiger partial charge in [0.1, 0.15) is 5.60 Å². The monoisotopic (exact) mass is 379 g/mol. The van der Waals surface area contributed by atoms with Crippen LogP contribution in [0.4, 0.5) is 4.79 Å². The largest absolute Gasteiger partial charge is 0.481 e. The van der Waals surface area contributed by atoms with E-state index in [0.29, 0.717) is 13.0 Å². The van der Waals surface area contributed by atoms with Gasteiger partial charge in [-0.2, -0.15) is 0 Å². The van der Waals surface area contributed by atoms with E-state index in [4.69, 9.17) is 9.84 Å². The molecule has 3 N–H and O–H groups in total. The summed E-state index contributed by atoms with van der Waals surface area (Å²) in [7, 11) is 1.68. The normalized spacial score (nSPS) is 22.3. The van der Waals surface area contributed by atoms with Crippen molar-refractivity contribution in [3.8, 4) is 0 Å². The Bertz CT molecular complexity index is 461. The summed E-state index contributed by atoms with van der Waals surface area (Å²) in [5.74, 6) is -0.909. The summed E-state index contributed by atoms with van der Waals surface area (Å²) in [4.78, 5) is 34.5. The van der Waals surface area contributed by atoms with Crippen LogP contribution in [0.3, 0.4) is 0 Å². The number of amides is 2. The molecule has 2 rings (SSSR count). The van der Waals surface area contributed by atoms with E-state index in [-0.39, 0.29) is 30.8 Å². The predicted octanol–water partition coefficient (Wildman–Crippen LogP) is 1.09. The fourth-order valence-electron chi connectivity index (χ4n) is 2.54. The average molecular weight is 380 g/mol. The summed E-state index contributed by atoms with van der Waals surface area (Å²) < 4.78 is 5.14. The lowest BCUT2D eigenvalue weighted by Gasteiger charge is -2.24. The number of carbonyl (C=O) groups is 3. The van der Waals surface area contributed by atoms with Gasteiger partial charge in [-0.1, -0.05) is 0 Å². The number of carbonyl (C=O) groups excluding carboxylic acids is 2. The van der Waals surface area contributed by atoms with E-state index in [1.165, 1.54) is 4.90 Å². The highest BCUT2D eigenvalue weighted by atomic mass is 35.5. The van der Waals surface area contributed by atoms with Crippen molar-refractivity contribution in [3.63, 3.8) is 0 Å². The van der Waals surface area contributed by atoms with Gasteiger partial charge >= 0.3 is 12.1 Å². The van der Waals surface area contributed by atoms with Crippen LogP contribution in [0.2, 0.25) is 0 Å².